The highest BCUT2D eigenvalue weighted by molar-refractivity contribution is 5.98. The quantitative estimate of drug-likeness (QED) is 0.748. The molecule has 0 spiro atoms. The van der Waals surface area contributed by atoms with Gasteiger partial charge < -0.3 is 15.0 Å². The summed E-state index contributed by atoms with van der Waals surface area (Å²) in [4.78, 5) is 28.7. The first-order valence-corrected chi connectivity index (χ1v) is 10.7. The molecule has 1 saturated heterocycles. The molecule has 1 N–H and O–H groups in total. The van der Waals surface area contributed by atoms with E-state index in [-0.39, 0.29) is 11.8 Å². The number of nitrogens with zero attached hydrogens (tertiary/aromatic N) is 2. The molecule has 2 aromatic carbocycles. The van der Waals surface area contributed by atoms with Crippen LogP contribution in [0, 0.1) is 6.92 Å². The molecule has 0 radical (unpaired) electrons. The van der Waals surface area contributed by atoms with Crippen LogP contribution in [0.1, 0.15) is 34.3 Å². The monoisotopic (exact) mass is 407 g/mol. The highest BCUT2D eigenvalue weighted by atomic mass is 16.5. The zero-order valence-electron chi connectivity index (χ0n) is 17.5. The SMILES string of the molecule is Cc1ccc(OCCCN2CCN(C(=O)c3ccc4c(c3)CCC(=O)N4)CC2)cc1. The Bertz CT molecular complexity index is 902. The van der Waals surface area contributed by atoms with Crippen LogP contribution in [0.5, 0.6) is 5.75 Å². The maximum absolute atomic E-state index is 12.9. The standard InChI is InChI=1S/C24H29N3O3/c1-18-3-7-21(8-4-18)30-16-2-11-26-12-14-27(15-13-26)24(29)20-5-9-22-19(17-20)6-10-23(28)25-22/h3-5,7-9,17H,2,6,10-16H2,1H3,(H,25,28). The van der Waals surface area contributed by atoms with Gasteiger partial charge in [-0.3, -0.25) is 14.5 Å². The van der Waals surface area contributed by atoms with Crippen molar-refractivity contribution in [3.63, 3.8) is 0 Å². The van der Waals surface area contributed by atoms with E-state index in [1.807, 2.05) is 35.2 Å². The van der Waals surface area contributed by atoms with E-state index < -0.39 is 0 Å². The summed E-state index contributed by atoms with van der Waals surface area (Å²) >= 11 is 0. The first-order chi connectivity index (χ1) is 14.6. The van der Waals surface area contributed by atoms with E-state index in [4.69, 9.17) is 4.74 Å². The van der Waals surface area contributed by atoms with Gasteiger partial charge in [0.2, 0.25) is 5.91 Å². The van der Waals surface area contributed by atoms with Gasteiger partial charge in [-0.2, -0.15) is 0 Å². The number of anilines is 1. The molecule has 4 rings (SSSR count). The van der Waals surface area contributed by atoms with Gasteiger partial charge in [0.1, 0.15) is 5.75 Å². The molecule has 2 aliphatic rings. The molecule has 30 heavy (non-hydrogen) atoms. The van der Waals surface area contributed by atoms with E-state index in [0.29, 0.717) is 25.0 Å². The van der Waals surface area contributed by atoms with Crippen molar-refractivity contribution in [2.75, 3.05) is 44.6 Å². The number of hydrogen-bond acceptors (Lipinski definition) is 4. The summed E-state index contributed by atoms with van der Waals surface area (Å²) in [7, 11) is 0. The summed E-state index contributed by atoms with van der Waals surface area (Å²) in [6.07, 6.45) is 2.15. The third kappa shape index (κ3) is 5.00. The van der Waals surface area contributed by atoms with Crippen LogP contribution in [0.15, 0.2) is 42.5 Å². The molecule has 6 heteroatoms. The van der Waals surface area contributed by atoms with Crippen molar-refractivity contribution in [1.29, 1.82) is 0 Å². The zero-order valence-corrected chi connectivity index (χ0v) is 17.5. The fraction of sp³-hybridized carbons (Fsp3) is 0.417. The molecule has 1 fully saturated rings. The van der Waals surface area contributed by atoms with E-state index >= 15 is 0 Å². The minimum Gasteiger partial charge on any atom is -0.494 e. The van der Waals surface area contributed by atoms with Crippen LogP contribution >= 0.6 is 0 Å². The van der Waals surface area contributed by atoms with Gasteiger partial charge in [-0.1, -0.05) is 17.7 Å². The van der Waals surface area contributed by atoms with E-state index in [1.165, 1.54) is 5.56 Å². The van der Waals surface area contributed by atoms with Gasteiger partial charge in [0, 0.05) is 50.4 Å². The summed E-state index contributed by atoms with van der Waals surface area (Å²) in [5, 5.41) is 2.87. The number of amides is 2. The van der Waals surface area contributed by atoms with E-state index in [1.54, 1.807) is 0 Å². The Balaban J connectivity index is 1.21. The van der Waals surface area contributed by atoms with E-state index in [9.17, 15) is 9.59 Å². The lowest BCUT2D eigenvalue weighted by Gasteiger charge is -2.35. The predicted molar refractivity (Wildman–Crippen MR) is 117 cm³/mol. The molecule has 2 aromatic rings. The summed E-state index contributed by atoms with van der Waals surface area (Å²) < 4.78 is 5.80. The van der Waals surface area contributed by atoms with Crippen molar-refractivity contribution in [3.8, 4) is 5.75 Å². The zero-order chi connectivity index (χ0) is 20.9. The number of benzene rings is 2. The molecule has 0 atom stereocenters. The van der Waals surface area contributed by atoms with Crippen LogP contribution < -0.4 is 10.1 Å². The Morgan fingerprint density at radius 2 is 1.80 bits per heavy atom. The number of carbonyl (C=O) groups is 2. The van der Waals surface area contributed by atoms with Crippen molar-refractivity contribution in [2.45, 2.75) is 26.2 Å². The van der Waals surface area contributed by atoms with Crippen LogP contribution in [0.25, 0.3) is 0 Å². The second-order valence-electron chi connectivity index (χ2n) is 8.07. The van der Waals surface area contributed by atoms with Crippen LogP contribution in [-0.4, -0.2) is 60.9 Å². The predicted octanol–water partition coefficient (Wildman–Crippen LogP) is 3.11. The van der Waals surface area contributed by atoms with Crippen molar-refractivity contribution in [3.05, 3.63) is 59.2 Å². The minimum absolute atomic E-state index is 0.0435. The molecular weight excluding hydrogens is 378 g/mol. The summed E-state index contributed by atoms with van der Waals surface area (Å²) in [6.45, 7) is 7.00. The van der Waals surface area contributed by atoms with Crippen molar-refractivity contribution in [1.82, 2.24) is 9.80 Å². The molecule has 0 aliphatic carbocycles. The van der Waals surface area contributed by atoms with Gasteiger partial charge >= 0.3 is 0 Å². The van der Waals surface area contributed by atoms with Gasteiger partial charge in [0.05, 0.1) is 6.61 Å². The number of nitrogens with one attached hydrogen (secondary N) is 1. The Morgan fingerprint density at radius 3 is 2.57 bits per heavy atom. The number of aryl methyl sites for hydroxylation is 2. The Morgan fingerprint density at radius 1 is 1.03 bits per heavy atom. The van der Waals surface area contributed by atoms with Gasteiger partial charge in [-0.25, -0.2) is 0 Å². The number of carbonyl (C=O) groups excluding carboxylic acids is 2. The highest BCUT2D eigenvalue weighted by Gasteiger charge is 2.23. The maximum atomic E-state index is 12.9. The molecule has 2 amide bonds. The Hall–Kier alpha value is -2.86. The molecule has 6 nitrogen and oxygen atoms in total. The largest absolute Gasteiger partial charge is 0.494 e. The first kappa shape index (κ1) is 20.4. The molecule has 0 aromatic heterocycles. The molecule has 0 unspecified atom stereocenters. The number of hydrogen-bond donors (Lipinski definition) is 1. The van der Waals surface area contributed by atoms with Crippen molar-refractivity contribution in [2.24, 2.45) is 0 Å². The summed E-state index contributed by atoms with van der Waals surface area (Å²) in [5.41, 5.74) is 3.83. The molecule has 2 aliphatic heterocycles. The van der Waals surface area contributed by atoms with Crippen LogP contribution in [0.4, 0.5) is 5.69 Å². The molecule has 0 bridgehead atoms. The number of piperazine rings is 1. The lowest BCUT2D eigenvalue weighted by molar-refractivity contribution is -0.116. The summed E-state index contributed by atoms with van der Waals surface area (Å²) in [5.74, 6) is 1.04. The minimum atomic E-state index is 0.0435. The van der Waals surface area contributed by atoms with Crippen LogP contribution in [0.3, 0.4) is 0 Å². The number of fused-ring (bicyclic) bond motifs is 1. The van der Waals surface area contributed by atoms with Crippen molar-refractivity contribution >= 4 is 17.5 Å². The molecule has 0 saturated carbocycles. The Labute approximate surface area is 177 Å². The first-order valence-electron chi connectivity index (χ1n) is 10.7. The lowest BCUT2D eigenvalue weighted by Crippen LogP contribution is -2.49. The molecule has 158 valence electrons. The average Bonchev–Trinajstić information content (AvgIpc) is 2.77. The van der Waals surface area contributed by atoms with Crippen LogP contribution in [-0.2, 0) is 11.2 Å². The third-order valence-corrected chi connectivity index (χ3v) is 5.82. The number of ether oxygens (including phenoxy) is 1. The number of rotatable bonds is 6. The third-order valence-electron chi connectivity index (χ3n) is 5.82. The van der Waals surface area contributed by atoms with Gasteiger partial charge in [-0.15, -0.1) is 0 Å². The molecule has 2 heterocycles. The highest BCUT2D eigenvalue weighted by Crippen LogP contribution is 2.24. The maximum Gasteiger partial charge on any atom is 0.253 e. The van der Waals surface area contributed by atoms with Gasteiger partial charge in [-0.05, 0) is 55.7 Å². The van der Waals surface area contributed by atoms with Crippen molar-refractivity contribution < 1.29 is 14.3 Å². The van der Waals surface area contributed by atoms with Crippen LogP contribution in [0.2, 0.25) is 0 Å². The second-order valence-corrected chi connectivity index (χ2v) is 8.07. The topological polar surface area (TPSA) is 61.9 Å². The van der Waals surface area contributed by atoms with Gasteiger partial charge in [0.15, 0.2) is 0 Å². The van der Waals surface area contributed by atoms with E-state index in [0.717, 1.165) is 56.1 Å². The smallest absolute Gasteiger partial charge is 0.253 e. The summed E-state index contributed by atoms with van der Waals surface area (Å²) in [6, 6.07) is 13.7. The normalized spacial score (nSPS) is 16.7. The Kier molecular flexibility index (Phi) is 6.33. The van der Waals surface area contributed by atoms with Gasteiger partial charge in [0.25, 0.3) is 5.91 Å². The van der Waals surface area contributed by atoms with E-state index in [2.05, 4.69) is 29.3 Å². The fourth-order valence-corrected chi connectivity index (χ4v) is 3.99. The second kappa shape index (κ2) is 9.30. The molecular formula is C24H29N3O3. The lowest BCUT2D eigenvalue weighted by atomic mass is 10.00. The average molecular weight is 408 g/mol. The fourth-order valence-electron chi connectivity index (χ4n) is 3.99.